The van der Waals surface area contributed by atoms with Crippen LogP contribution in [0.4, 0.5) is 15.9 Å². The molecule has 1 spiro atoms. The van der Waals surface area contributed by atoms with Gasteiger partial charge in [0.25, 0.3) is 17.7 Å². The lowest BCUT2D eigenvalue weighted by Gasteiger charge is -2.56. The van der Waals surface area contributed by atoms with E-state index in [1.165, 1.54) is 6.07 Å². The van der Waals surface area contributed by atoms with Crippen LogP contribution in [0.15, 0.2) is 42.5 Å². The third-order valence-electron chi connectivity index (χ3n) is 13.4. The van der Waals surface area contributed by atoms with Crippen LogP contribution in [0.5, 0.6) is 5.75 Å². The van der Waals surface area contributed by atoms with Gasteiger partial charge in [-0.2, -0.15) is 5.26 Å². The molecular weight excluding hydrogens is 793 g/mol. The van der Waals surface area contributed by atoms with E-state index in [0.717, 1.165) is 94.3 Å². The molecule has 1 atom stereocenters. The summed E-state index contributed by atoms with van der Waals surface area (Å²) < 4.78 is 21.6. The van der Waals surface area contributed by atoms with Gasteiger partial charge in [0.2, 0.25) is 11.8 Å². The Morgan fingerprint density at radius 2 is 1.60 bits per heavy atom. The Morgan fingerprint density at radius 3 is 2.25 bits per heavy atom. The summed E-state index contributed by atoms with van der Waals surface area (Å²) in [6.07, 6.45) is 7.47. The lowest BCUT2D eigenvalue weighted by molar-refractivity contribution is -0.136. The summed E-state index contributed by atoms with van der Waals surface area (Å²) in [5.41, 5.74) is 1.26. The number of carbonyl (C=O) groups excluding carboxylic acids is 5. The van der Waals surface area contributed by atoms with Crippen molar-refractivity contribution in [1.82, 2.24) is 30.6 Å². The Hall–Kier alpha value is -5.66. The Labute approximate surface area is 351 Å². The first-order valence-corrected chi connectivity index (χ1v) is 21.2. The molecule has 2 aliphatic carbocycles. The molecule has 2 saturated carbocycles. The van der Waals surface area contributed by atoms with E-state index in [9.17, 15) is 24.0 Å². The second kappa shape index (κ2) is 16.1. The fourth-order valence-corrected chi connectivity index (χ4v) is 10.1. The molecule has 60 heavy (non-hydrogen) atoms. The number of nitriles is 1. The first-order chi connectivity index (χ1) is 29.0. The zero-order chi connectivity index (χ0) is 41.7. The van der Waals surface area contributed by atoms with Crippen LogP contribution < -0.4 is 25.2 Å². The second-order valence-corrected chi connectivity index (χ2v) is 17.4. The van der Waals surface area contributed by atoms with Gasteiger partial charge in [0, 0.05) is 63.8 Å². The van der Waals surface area contributed by atoms with Gasteiger partial charge < -0.3 is 19.9 Å². The van der Waals surface area contributed by atoms with Crippen LogP contribution in [0.1, 0.15) is 101 Å². The van der Waals surface area contributed by atoms with Gasteiger partial charge in [0.1, 0.15) is 23.7 Å². The number of ether oxygens (including phenoxy) is 1. The average Bonchev–Trinajstić information content (AvgIpc) is 3.47. The third-order valence-corrected chi connectivity index (χ3v) is 13.7. The van der Waals surface area contributed by atoms with E-state index >= 15 is 4.39 Å². The zero-order valence-corrected chi connectivity index (χ0v) is 33.8. The number of nitrogens with zero attached hydrogens (tertiary/aromatic N) is 7. The van der Waals surface area contributed by atoms with Crippen molar-refractivity contribution in [3.05, 3.63) is 75.7 Å². The highest BCUT2D eigenvalue weighted by Crippen LogP contribution is 2.51. The van der Waals surface area contributed by atoms with Crippen LogP contribution in [0.3, 0.4) is 0 Å². The van der Waals surface area contributed by atoms with Gasteiger partial charge in [-0.1, -0.05) is 11.6 Å². The van der Waals surface area contributed by atoms with Crippen molar-refractivity contribution < 1.29 is 33.1 Å². The third kappa shape index (κ3) is 7.64. The molecule has 5 amide bonds. The summed E-state index contributed by atoms with van der Waals surface area (Å²) >= 11 is 6.15. The van der Waals surface area contributed by atoms with E-state index in [1.54, 1.807) is 24.3 Å². The molecule has 0 radical (unpaired) electrons. The van der Waals surface area contributed by atoms with Crippen LogP contribution in [-0.2, 0) is 9.59 Å². The highest BCUT2D eigenvalue weighted by atomic mass is 35.5. The summed E-state index contributed by atoms with van der Waals surface area (Å²) in [7, 11) is 0. The number of carbonyl (C=O) groups is 5. The molecule has 2 aromatic carbocycles. The Kier molecular flexibility index (Phi) is 10.7. The molecular formula is C43H45ClFN9O6. The minimum atomic E-state index is -1.10. The van der Waals surface area contributed by atoms with Gasteiger partial charge >= 0.3 is 0 Å². The molecule has 17 heteroatoms. The number of benzene rings is 2. The predicted molar refractivity (Wildman–Crippen MR) is 216 cm³/mol. The molecule has 2 N–H and O–H groups in total. The molecule has 3 saturated heterocycles. The van der Waals surface area contributed by atoms with E-state index in [4.69, 9.17) is 21.6 Å². The van der Waals surface area contributed by atoms with Crippen molar-refractivity contribution in [3.63, 3.8) is 0 Å². The van der Waals surface area contributed by atoms with Crippen molar-refractivity contribution in [2.24, 2.45) is 5.41 Å². The lowest BCUT2D eigenvalue weighted by atomic mass is 9.60. The molecule has 15 nitrogen and oxygen atoms in total. The number of nitrogens with one attached hydrogen (secondary N) is 2. The van der Waals surface area contributed by atoms with Gasteiger partial charge in [-0.05, 0) is 99.6 Å². The number of rotatable bonds is 8. The number of aromatic nitrogens is 2. The maximum atomic E-state index is 15.5. The first-order valence-electron chi connectivity index (χ1n) is 20.8. The quantitative estimate of drug-likeness (QED) is 0.309. The fraction of sp³-hybridized carbons (Fsp3) is 0.488. The Balaban J connectivity index is 0.709. The van der Waals surface area contributed by atoms with Gasteiger partial charge in [-0.3, -0.25) is 39.1 Å². The van der Waals surface area contributed by atoms with Crippen LogP contribution in [0.25, 0.3) is 0 Å². The van der Waals surface area contributed by atoms with Crippen molar-refractivity contribution in [2.45, 2.75) is 88.4 Å². The van der Waals surface area contributed by atoms with Gasteiger partial charge in [0.15, 0.2) is 11.5 Å². The maximum absolute atomic E-state index is 15.5. The Morgan fingerprint density at radius 1 is 0.883 bits per heavy atom. The molecule has 0 bridgehead atoms. The summed E-state index contributed by atoms with van der Waals surface area (Å²) in [5.74, 6) is -1.94. The predicted octanol–water partition coefficient (Wildman–Crippen LogP) is 4.23. The topological polar surface area (TPSA) is 181 Å². The van der Waals surface area contributed by atoms with Crippen molar-refractivity contribution in [3.8, 4) is 11.8 Å². The van der Waals surface area contributed by atoms with E-state index in [1.807, 2.05) is 17.0 Å². The highest BCUT2D eigenvalue weighted by molar-refractivity contribution is 6.31. The van der Waals surface area contributed by atoms with E-state index in [0.29, 0.717) is 41.2 Å². The molecule has 6 aliphatic rings. The number of hydrogen-bond donors (Lipinski definition) is 2. The van der Waals surface area contributed by atoms with Gasteiger partial charge in [-0.15, -0.1) is 10.2 Å². The van der Waals surface area contributed by atoms with Crippen LogP contribution in [0.2, 0.25) is 5.02 Å². The fourth-order valence-electron chi connectivity index (χ4n) is 9.92. The van der Waals surface area contributed by atoms with Crippen LogP contribution in [0, 0.1) is 22.6 Å². The molecule has 5 heterocycles. The number of piperidine rings is 2. The van der Waals surface area contributed by atoms with Crippen LogP contribution in [-0.4, -0.2) is 113 Å². The number of imide groups is 2. The normalized spacial score (nSPS) is 24.5. The number of piperazine rings is 1. The SMILES string of the molecule is N#Cc1ccc(OC2CCC(NC(=O)c3ccc(N4CCC5(CC4)CC(N4CCN(c6cc7c(cc6F)C(=O)N(C6CCC(=O)NC6=O)C7=O)CC4)C5)nn3)CC2)cc1Cl. The average molecular weight is 838 g/mol. The largest absolute Gasteiger partial charge is 0.490 e. The van der Waals surface area contributed by atoms with Crippen LogP contribution >= 0.6 is 11.6 Å². The summed E-state index contributed by atoms with van der Waals surface area (Å²) in [4.78, 5) is 71.0. The Bertz CT molecular complexity index is 2270. The minimum absolute atomic E-state index is 0.0102. The molecule has 312 valence electrons. The summed E-state index contributed by atoms with van der Waals surface area (Å²) in [6.45, 7) is 4.37. The van der Waals surface area contributed by atoms with Gasteiger partial charge in [-0.25, -0.2) is 4.39 Å². The van der Waals surface area contributed by atoms with Crippen molar-refractivity contribution >= 4 is 52.6 Å². The van der Waals surface area contributed by atoms with E-state index in [2.05, 4.69) is 30.6 Å². The number of hydrogen-bond acceptors (Lipinski definition) is 12. The van der Waals surface area contributed by atoms with Gasteiger partial charge in [0.05, 0.1) is 33.5 Å². The van der Waals surface area contributed by atoms with Crippen molar-refractivity contribution in [1.29, 1.82) is 5.26 Å². The molecule has 4 aliphatic heterocycles. The maximum Gasteiger partial charge on any atom is 0.272 e. The molecule has 3 aromatic rings. The highest BCUT2D eigenvalue weighted by Gasteiger charge is 2.49. The zero-order valence-electron chi connectivity index (χ0n) is 33.0. The number of amides is 5. The monoisotopic (exact) mass is 837 g/mol. The lowest BCUT2D eigenvalue weighted by Crippen LogP contribution is -2.59. The number of anilines is 2. The molecule has 9 rings (SSSR count). The van der Waals surface area contributed by atoms with E-state index < -0.39 is 35.5 Å². The smallest absolute Gasteiger partial charge is 0.272 e. The number of halogens is 2. The van der Waals surface area contributed by atoms with Crippen molar-refractivity contribution in [2.75, 3.05) is 49.1 Å². The molecule has 5 fully saturated rings. The summed E-state index contributed by atoms with van der Waals surface area (Å²) in [6, 6.07) is 12.7. The molecule has 1 unspecified atom stereocenters. The summed E-state index contributed by atoms with van der Waals surface area (Å²) in [5, 5.41) is 23.5. The minimum Gasteiger partial charge on any atom is -0.490 e. The number of fused-ring (bicyclic) bond motifs is 1. The van der Waals surface area contributed by atoms with E-state index in [-0.39, 0.29) is 53.1 Å². The second-order valence-electron chi connectivity index (χ2n) is 17.0. The standard InChI is InChI=1S/C43H45ClFN9O6/c44-32-19-29(4-1-25(32)24-46)60-28-5-2-26(3-6-28)47-39(56)34-7-9-37(50-49-34)53-13-11-43(12-14-53)22-27(23-43)51-15-17-52(18-16-51)36-21-31-30(20-33(36)45)41(58)54(42(31)59)35-8-10-38(55)48-40(35)57/h1,4,7,9,19-21,26-28,35H,2-3,5-6,8,10-18,22-23H2,(H,47,56)(H,48,55,57). The first kappa shape index (κ1) is 39.8. The molecule has 1 aromatic heterocycles.